The number of hydrogen-bond acceptors (Lipinski definition) is 4. The molecule has 0 radical (unpaired) electrons. The fourth-order valence-corrected chi connectivity index (χ4v) is 1.51. The topological polar surface area (TPSA) is 83.8 Å². The lowest BCUT2D eigenvalue weighted by atomic mass is 10.1. The number of aliphatic carboxylic acids is 1. The molecule has 0 aliphatic carbocycles. The van der Waals surface area contributed by atoms with Crippen molar-refractivity contribution < 1.29 is 24.5 Å². The molecule has 0 saturated heterocycles. The van der Waals surface area contributed by atoms with Crippen LogP contribution in [0.5, 0.6) is 11.5 Å². The number of rotatable bonds is 3. The molecule has 0 saturated carbocycles. The summed E-state index contributed by atoms with van der Waals surface area (Å²) < 4.78 is 4.79. The molecule has 1 aromatic rings. The number of ether oxygens (including phenoxy) is 1. The normalized spacial score (nSPS) is 9.73. The van der Waals surface area contributed by atoms with Crippen LogP contribution in [-0.4, -0.2) is 29.1 Å². The number of Topliss-reactive ketones (excluding diaryl/α,β-unsaturated/α-hetero) is 1. The Hall–Kier alpha value is -1.56. The maximum Gasteiger partial charge on any atom is 0.377 e. The summed E-state index contributed by atoms with van der Waals surface area (Å²) in [7, 11) is 1.35. The highest BCUT2D eigenvalue weighted by Gasteiger charge is 2.21. The second-order valence-electron chi connectivity index (χ2n) is 2.61. The molecule has 15 heavy (non-hydrogen) atoms. The van der Waals surface area contributed by atoms with Gasteiger partial charge in [-0.2, -0.15) is 0 Å². The number of carbonyl (C=O) groups excluding carboxylic acids is 1. The van der Waals surface area contributed by atoms with Crippen molar-refractivity contribution in [3.63, 3.8) is 0 Å². The van der Waals surface area contributed by atoms with Gasteiger partial charge in [0.2, 0.25) is 0 Å². The van der Waals surface area contributed by atoms with E-state index in [4.69, 9.17) is 9.84 Å². The molecule has 0 heterocycles. The van der Waals surface area contributed by atoms with Crippen molar-refractivity contribution in [3.05, 3.63) is 22.2 Å². The van der Waals surface area contributed by atoms with Crippen LogP contribution >= 0.6 is 15.9 Å². The first-order valence-electron chi connectivity index (χ1n) is 3.82. The Morgan fingerprint density at radius 2 is 2.00 bits per heavy atom. The highest BCUT2D eigenvalue weighted by molar-refractivity contribution is 9.10. The third-order valence-electron chi connectivity index (χ3n) is 1.74. The molecule has 0 unspecified atom stereocenters. The molecule has 0 aromatic heterocycles. The van der Waals surface area contributed by atoms with Gasteiger partial charge in [0.05, 0.1) is 11.6 Å². The lowest BCUT2D eigenvalue weighted by Gasteiger charge is -2.07. The van der Waals surface area contributed by atoms with Crippen LogP contribution in [0.4, 0.5) is 0 Å². The van der Waals surface area contributed by atoms with Gasteiger partial charge in [0.25, 0.3) is 5.78 Å². The molecule has 0 spiro atoms. The minimum absolute atomic E-state index is 0.00856. The van der Waals surface area contributed by atoms with Gasteiger partial charge >= 0.3 is 5.97 Å². The Labute approximate surface area is 93.4 Å². The van der Waals surface area contributed by atoms with Crippen LogP contribution in [0, 0.1) is 0 Å². The summed E-state index contributed by atoms with van der Waals surface area (Å²) in [6.07, 6.45) is 0. The van der Waals surface area contributed by atoms with Gasteiger partial charge in [-0.05, 0) is 28.1 Å². The maximum atomic E-state index is 11.1. The summed E-state index contributed by atoms with van der Waals surface area (Å²) >= 11 is 2.93. The van der Waals surface area contributed by atoms with E-state index >= 15 is 0 Å². The average Bonchev–Trinajstić information content (AvgIpc) is 2.21. The van der Waals surface area contributed by atoms with Gasteiger partial charge in [-0.3, -0.25) is 4.79 Å². The molecule has 80 valence electrons. The van der Waals surface area contributed by atoms with E-state index in [9.17, 15) is 14.7 Å². The third-order valence-corrected chi connectivity index (χ3v) is 2.54. The van der Waals surface area contributed by atoms with Gasteiger partial charge in [-0.15, -0.1) is 0 Å². The Balaban J connectivity index is 3.29. The van der Waals surface area contributed by atoms with Crippen LogP contribution in [0.15, 0.2) is 16.6 Å². The molecule has 0 aliphatic heterocycles. The van der Waals surface area contributed by atoms with Gasteiger partial charge in [0.1, 0.15) is 0 Å². The second-order valence-corrected chi connectivity index (χ2v) is 3.41. The van der Waals surface area contributed by atoms with E-state index in [0.717, 1.165) is 0 Å². The number of phenols is 1. The molecule has 0 atom stereocenters. The highest BCUT2D eigenvalue weighted by Crippen LogP contribution is 2.36. The third kappa shape index (κ3) is 2.10. The maximum absolute atomic E-state index is 11.1. The average molecular weight is 275 g/mol. The number of hydrogen-bond donors (Lipinski definition) is 2. The Bertz CT molecular complexity index is 427. The van der Waals surface area contributed by atoms with E-state index < -0.39 is 11.8 Å². The van der Waals surface area contributed by atoms with Gasteiger partial charge in [-0.25, -0.2) is 4.79 Å². The molecule has 0 fully saturated rings. The number of carboxylic acids is 1. The van der Waals surface area contributed by atoms with Crippen molar-refractivity contribution in [2.24, 2.45) is 0 Å². The number of halogens is 1. The zero-order valence-corrected chi connectivity index (χ0v) is 9.24. The van der Waals surface area contributed by atoms with Crippen LogP contribution in [0.25, 0.3) is 0 Å². The molecule has 1 aromatic carbocycles. The minimum atomic E-state index is -1.58. The van der Waals surface area contributed by atoms with Crippen molar-refractivity contribution in [1.82, 2.24) is 0 Å². The van der Waals surface area contributed by atoms with E-state index in [2.05, 4.69) is 15.9 Å². The number of ketones is 1. The molecular weight excluding hydrogens is 268 g/mol. The summed E-state index contributed by atoms with van der Waals surface area (Å²) in [4.78, 5) is 21.6. The molecule has 0 amide bonds. The fourth-order valence-electron chi connectivity index (χ4n) is 1.00. The standard InChI is InChI=1S/C9H7BrO5/c1-15-5-3-2-4(6(10)8(5)12)7(11)9(13)14/h2-3,12H,1H3,(H,13,14). The molecule has 6 heteroatoms. The number of benzene rings is 1. The lowest BCUT2D eigenvalue weighted by Crippen LogP contribution is -2.13. The highest BCUT2D eigenvalue weighted by atomic mass is 79.9. The second kappa shape index (κ2) is 4.31. The lowest BCUT2D eigenvalue weighted by molar-refractivity contribution is -0.131. The number of carboxylic acid groups (broad SMARTS) is 1. The van der Waals surface area contributed by atoms with Crippen molar-refractivity contribution >= 4 is 27.7 Å². The Morgan fingerprint density at radius 3 is 2.47 bits per heavy atom. The number of carbonyl (C=O) groups is 2. The number of methoxy groups -OCH3 is 1. The first-order chi connectivity index (χ1) is 6.99. The quantitative estimate of drug-likeness (QED) is 0.644. The first-order valence-corrected chi connectivity index (χ1v) is 4.61. The molecule has 5 nitrogen and oxygen atoms in total. The van der Waals surface area contributed by atoms with Crippen molar-refractivity contribution in [2.45, 2.75) is 0 Å². The summed E-state index contributed by atoms with van der Waals surface area (Å²) in [5.41, 5.74) is -0.124. The van der Waals surface area contributed by atoms with E-state index in [1.807, 2.05) is 0 Å². The van der Waals surface area contributed by atoms with Crippen LogP contribution in [0.3, 0.4) is 0 Å². The van der Waals surface area contributed by atoms with E-state index in [-0.39, 0.29) is 21.5 Å². The zero-order valence-electron chi connectivity index (χ0n) is 7.65. The largest absolute Gasteiger partial charge is 0.503 e. The first kappa shape index (κ1) is 11.5. The van der Waals surface area contributed by atoms with E-state index in [1.165, 1.54) is 19.2 Å². The summed E-state index contributed by atoms with van der Waals surface area (Å²) in [5, 5.41) is 18.0. The number of phenolic OH excluding ortho intramolecular Hbond substituents is 1. The fraction of sp³-hybridized carbons (Fsp3) is 0.111. The van der Waals surface area contributed by atoms with Crippen LogP contribution in [0.2, 0.25) is 0 Å². The summed E-state index contributed by atoms with van der Waals surface area (Å²) in [5.74, 6) is -2.83. The molecular formula is C9H7BrO5. The molecule has 1 rings (SSSR count). The summed E-state index contributed by atoms with van der Waals surface area (Å²) in [6, 6.07) is 2.58. The van der Waals surface area contributed by atoms with Gasteiger partial charge < -0.3 is 14.9 Å². The predicted octanol–water partition coefficient (Wildman–Crippen LogP) is 1.43. The van der Waals surface area contributed by atoms with E-state index in [1.54, 1.807) is 0 Å². The van der Waals surface area contributed by atoms with E-state index in [0.29, 0.717) is 0 Å². The Morgan fingerprint density at radius 1 is 1.40 bits per heavy atom. The zero-order chi connectivity index (χ0) is 11.6. The van der Waals surface area contributed by atoms with Crippen molar-refractivity contribution in [1.29, 1.82) is 0 Å². The van der Waals surface area contributed by atoms with Gasteiger partial charge in [-0.1, -0.05) is 0 Å². The van der Waals surface area contributed by atoms with Gasteiger partial charge in [0.15, 0.2) is 11.5 Å². The van der Waals surface area contributed by atoms with Crippen LogP contribution in [-0.2, 0) is 4.79 Å². The monoisotopic (exact) mass is 274 g/mol. The van der Waals surface area contributed by atoms with Crippen molar-refractivity contribution in [3.8, 4) is 11.5 Å². The van der Waals surface area contributed by atoms with Crippen LogP contribution in [0.1, 0.15) is 10.4 Å². The predicted molar refractivity (Wildman–Crippen MR) is 54.3 cm³/mol. The van der Waals surface area contributed by atoms with Crippen LogP contribution < -0.4 is 4.74 Å². The SMILES string of the molecule is COc1ccc(C(=O)C(=O)O)c(Br)c1O. The van der Waals surface area contributed by atoms with Crippen molar-refractivity contribution in [2.75, 3.05) is 7.11 Å². The number of aromatic hydroxyl groups is 1. The minimum Gasteiger partial charge on any atom is -0.503 e. The van der Waals surface area contributed by atoms with Gasteiger partial charge in [0, 0.05) is 5.56 Å². The Kier molecular flexibility index (Phi) is 3.31. The molecule has 0 bridgehead atoms. The smallest absolute Gasteiger partial charge is 0.377 e. The molecule has 0 aliphatic rings. The molecule has 2 N–H and O–H groups in total. The summed E-state index contributed by atoms with van der Waals surface area (Å²) in [6.45, 7) is 0.